The van der Waals surface area contributed by atoms with Gasteiger partial charge in [0.15, 0.2) is 0 Å². The molecule has 176 valence electrons. The summed E-state index contributed by atoms with van der Waals surface area (Å²) in [6.45, 7) is 13.3. The van der Waals surface area contributed by atoms with E-state index in [4.69, 9.17) is 11.6 Å². The molecule has 0 unspecified atom stereocenters. The van der Waals surface area contributed by atoms with E-state index in [1.54, 1.807) is 7.05 Å². The molecule has 0 radical (unpaired) electrons. The Balaban J connectivity index is 1.59. The van der Waals surface area contributed by atoms with E-state index in [0.717, 1.165) is 11.1 Å². The summed E-state index contributed by atoms with van der Waals surface area (Å²) in [5.41, 5.74) is 3.44. The highest BCUT2D eigenvalue weighted by Gasteiger charge is 2.30. The number of nitrogens with zero attached hydrogens (tertiary/aromatic N) is 6. The second kappa shape index (κ2) is 9.35. The first-order chi connectivity index (χ1) is 16.3. The second-order valence-electron chi connectivity index (χ2n) is 8.19. The number of nitrogens with one attached hydrogen (secondary N) is 3. The summed E-state index contributed by atoms with van der Waals surface area (Å²) in [6.07, 6.45) is 1.90. The standard InChI is InChI=1S/C23H26FN9O/c1-6-20(34)29-16-9-17-19(7-13(16)2)32(5)23(30-17)33-11-14(24)8-15(12-33)28-22-27-10-18(25-3)21(26-4)31-22/h6-7,9-10,14-15H,1,8,11-12H2,2,4-5H3,(H,29,34)(H2,26,27,28,31)/t14-,15-/m1/s1. The minimum absolute atomic E-state index is 0.216. The molecule has 3 aromatic rings. The normalized spacial score (nSPS) is 17.8. The Kier molecular flexibility index (Phi) is 6.32. The lowest BCUT2D eigenvalue weighted by Gasteiger charge is -2.35. The molecule has 0 spiro atoms. The minimum atomic E-state index is -1.07. The van der Waals surface area contributed by atoms with Gasteiger partial charge in [-0.3, -0.25) is 4.79 Å². The van der Waals surface area contributed by atoms with Crippen molar-refractivity contribution in [3.63, 3.8) is 0 Å². The molecule has 11 heteroatoms. The second-order valence-corrected chi connectivity index (χ2v) is 8.19. The highest BCUT2D eigenvalue weighted by molar-refractivity contribution is 6.00. The first-order valence-corrected chi connectivity index (χ1v) is 10.8. The third-order valence-corrected chi connectivity index (χ3v) is 5.79. The van der Waals surface area contributed by atoms with E-state index in [1.807, 2.05) is 35.6 Å². The summed E-state index contributed by atoms with van der Waals surface area (Å²) in [4.78, 5) is 30.3. The average Bonchev–Trinajstić information content (AvgIpc) is 3.14. The first kappa shape index (κ1) is 23.0. The molecular formula is C23H26FN9O. The molecule has 0 aliphatic carbocycles. The predicted octanol–water partition coefficient (Wildman–Crippen LogP) is 3.42. The molecule has 1 amide bonds. The van der Waals surface area contributed by atoms with Crippen LogP contribution in [0.3, 0.4) is 0 Å². The number of hydrogen-bond acceptors (Lipinski definition) is 7. The molecule has 1 aliphatic rings. The van der Waals surface area contributed by atoms with E-state index in [2.05, 4.69) is 37.3 Å². The number of carbonyl (C=O) groups excluding carboxylic acids is 1. The van der Waals surface area contributed by atoms with Crippen molar-refractivity contribution in [2.45, 2.75) is 25.6 Å². The van der Waals surface area contributed by atoms with Gasteiger partial charge in [0, 0.05) is 45.0 Å². The molecule has 34 heavy (non-hydrogen) atoms. The highest BCUT2D eigenvalue weighted by atomic mass is 19.1. The number of hydrogen-bond donors (Lipinski definition) is 3. The van der Waals surface area contributed by atoms with Gasteiger partial charge in [-0.05, 0) is 30.7 Å². The Morgan fingerprint density at radius 2 is 2.15 bits per heavy atom. The van der Waals surface area contributed by atoms with Crippen molar-refractivity contribution in [2.24, 2.45) is 7.05 Å². The number of rotatable bonds is 6. The Hall–Kier alpha value is -4.20. The Bertz CT molecular complexity index is 1300. The van der Waals surface area contributed by atoms with Crippen LogP contribution in [0.2, 0.25) is 0 Å². The van der Waals surface area contributed by atoms with E-state index in [-0.39, 0.29) is 18.5 Å². The highest BCUT2D eigenvalue weighted by Crippen LogP contribution is 2.30. The summed E-state index contributed by atoms with van der Waals surface area (Å²) in [5, 5.41) is 8.87. The van der Waals surface area contributed by atoms with Gasteiger partial charge in [0.05, 0.1) is 24.2 Å². The summed E-state index contributed by atoms with van der Waals surface area (Å²) in [7, 11) is 3.57. The van der Waals surface area contributed by atoms with E-state index in [9.17, 15) is 9.18 Å². The average molecular weight is 464 g/mol. The van der Waals surface area contributed by atoms with E-state index < -0.39 is 6.17 Å². The summed E-state index contributed by atoms with van der Waals surface area (Å²) >= 11 is 0. The molecule has 2 aromatic heterocycles. The fraction of sp³-hybridized carbons (Fsp3) is 0.348. The van der Waals surface area contributed by atoms with E-state index in [1.165, 1.54) is 12.3 Å². The van der Waals surface area contributed by atoms with Crippen molar-refractivity contribution >= 4 is 46.0 Å². The number of aromatic nitrogens is 4. The molecule has 0 bridgehead atoms. The Morgan fingerprint density at radius 1 is 1.35 bits per heavy atom. The van der Waals surface area contributed by atoms with Crippen LogP contribution in [0.25, 0.3) is 15.9 Å². The molecule has 4 rings (SSSR count). The third-order valence-electron chi connectivity index (χ3n) is 5.79. The zero-order valence-corrected chi connectivity index (χ0v) is 19.3. The van der Waals surface area contributed by atoms with Gasteiger partial charge in [0.2, 0.25) is 23.5 Å². The zero-order chi connectivity index (χ0) is 24.4. The van der Waals surface area contributed by atoms with Crippen LogP contribution in [0.5, 0.6) is 0 Å². The number of aryl methyl sites for hydroxylation is 2. The molecule has 1 aliphatic heterocycles. The molecule has 0 saturated carbocycles. The number of halogens is 1. The fourth-order valence-electron chi connectivity index (χ4n) is 4.13. The molecule has 1 saturated heterocycles. The molecule has 3 heterocycles. The van der Waals surface area contributed by atoms with E-state index in [0.29, 0.717) is 47.6 Å². The number of piperidine rings is 1. The predicted molar refractivity (Wildman–Crippen MR) is 131 cm³/mol. The van der Waals surface area contributed by atoms with Gasteiger partial charge in [-0.2, -0.15) is 0 Å². The number of anilines is 4. The van der Waals surface area contributed by atoms with Crippen LogP contribution in [0.1, 0.15) is 12.0 Å². The van der Waals surface area contributed by atoms with Gasteiger partial charge in [-0.15, -0.1) is 0 Å². The minimum Gasteiger partial charge on any atom is -0.382 e. The summed E-state index contributed by atoms with van der Waals surface area (Å²) in [6, 6.07) is 3.51. The molecule has 2 atom stereocenters. The van der Waals surface area contributed by atoms with Gasteiger partial charge in [-0.25, -0.2) is 24.2 Å². The van der Waals surface area contributed by atoms with Crippen molar-refractivity contribution in [3.8, 4) is 0 Å². The number of imidazole rings is 1. The van der Waals surface area contributed by atoms with Crippen molar-refractivity contribution in [3.05, 3.63) is 48.0 Å². The summed E-state index contributed by atoms with van der Waals surface area (Å²) < 4.78 is 16.7. The van der Waals surface area contributed by atoms with Crippen LogP contribution >= 0.6 is 0 Å². The maximum Gasteiger partial charge on any atom is 0.247 e. The van der Waals surface area contributed by atoms with Crippen LogP contribution in [0.4, 0.5) is 33.5 Å². The largest absolute Gasteiger partial charge is 0.382 e. The lowest BCUT2D eigenvalue weighted by atomic mass is 10.0. The van der Waals surface area contributed by atoms with Crippen LogP contribution in [-0.2, 0) is 11.8 Å². The van der Waals surface area contributed by atoms with Gasteiger partial charge in [-0.1, -0.05) is 6.58 Å². The summed E-state index contributed by atoms with van der Waals surface area (Å²) in [5.74, 6) is 1.09. The third kappa shape index (κ3) is 4.47. The number of benzene rings is 1. The molecule has 1 fully saturated rings. The molecule has 1 aromatic carbocycles. The molecular weight excluding hydrogens is 437 g/mol. The van der Waals surface area contributed by atoms with Crippen molar-refractivity contribution in [1.82, 2.24) is 19.5 Å². The first-order valence-electron chi connectivity index (χ1n) is 10.8. The van der Waals surface area contributed by atoms with Crippen molar-refractivity contribution < 1.29 is 9.18 Å². The lowest BCUT2D eigenvalue weighted by molar-refractivity contribution is -0.111. The Morgan fingerprint density at radius 3 is 2.85 bits per heavy atom. The maximum absolute atomic E-state index is 14.8. The van der Waals surface area contributed by atoms with Crippen LogP contribution in [0.15, 0.2) is 31.0 Å². The fourth-order valence-corrected chi connectivity index (χ4v) is 4.13. The topological polar surface area (TPSA) is 104 Å². The number of carbonyl (C=O) groups is 1. The SMILES string of the molecule is [C-]#[N+]c1cnc(N[C@@H]2C[C@@H](F)CN(c3nc4cc(NC(=O)C=C)c(C)cc4n3C)C2)nc1NC. The zero-order valence-electron chi connectivity index (χ0n) is 19.3. The van der Waals surface area contributed by atoms with Gasteiger partial charge >= 0.3 is 0 Å². The number of fused-ring (bicyclic) bond motifs is 1. The van der Waals surface area contributed by atoms with Crippen molar-refractivity contribution in [2.75, 3.05) is 41.0 Å². The van der Waals surface area contributed by atoms with Crippen LogP contribution in [0, 0.1) is 13.5 Å². The lowest BCUT2D eigenvalue weighted by Crippen LogP contribution is -2.48. The monoisotopic (exact) mass is 463 g/mol. The molecule has 10 nitrogen and oxygen atoms in total. The van der Waals surface area contributed by atoms with Gasteiger partial charge < -0.3 is 25.4 Å². The van der Waals surface area contributed by atoms with Gasteiger partial charge in [0.1, 0.15) is 12.0 Å². The number of alkyl halides is 1. The van der Waals surface area contributed by atoms with E-state index >= 15 is 0 Å². The van der Waals surface area contributed by atoms with Crippen LogP contribution in [-0.4, -0.2) is 57.8 Å². The maximum atomic E-state index is 14.8. The smallest absolute Gasteiger partial charge is 0.247 e. The van der Waals surface area contributed by atoms with Crippen LogP contribution < -0.4 is 20.9 Å². The molecule has 3 N–H and O–H groups in total. The van der Waals surface area contributed by atoms with Gasteiger partial charge in [0.25, 0.3) is 0 Å². The Labute approximate surface area is 196 Å². The number of amides is 1. The van der Waals surface area contributed by atoms with Crippen molar-refractivity contribution in [1.29, 1.82) is 0 Å². The quantitative estimate of drug-likeness (QED) is 0.380.